The van der Waals surface area contributed by atoms with Crippen LogP contribution in [0, 0.1) is 34.5 Å². The lowest BCUT2D eigenvalue weighted by Gasteiger charge is -2.56. The number of allylic oxidation sites excluding steroid dienone is 4. The smallest absolute Gasteiger partial charge is 0.190 e. The molecule has 0 aromatic heterocycles. The third-order valence-corrected chi connectivity index (χ3v) is 8.41. The first-order valence-electron chi connectivity index (χ1n) is 9.93. The predicted octanol–water partition coefficient (Wildman–Crippen LogP) is 2.01. The fourth-order valence-electron chi connectivity index (χ4n) is 7.08. The van der Waals surface area contributed by atoms with Crippen LogP contribution in [0.3, 0.4) is 0 Å². The van der Waals surface area contributed by atoms with Gasteiger partial charge in [0.05, 0.1) is 0 Å². The van der Waals surface area contributed by atoms with Crippen molar-refractivity contribution in [1.29, 1.82) is 0 Å². The molecular formula is C22H28O5. The van der Waals surface area contributed by atoms with Crippen LogP contribution < -0.4 is 0 Å². The molecule has 1 unspecified atom stereocenters. The van der Waals surface area contributed by atoms with Crippen molar-refractivity contribution < 1.29 is 24.6 Å². The maximum atomic E-state index is 13.4. The van der Waals surface area contributed by atoms with Crippen molar-refractivity contribution in [3.05, 3.63) is 23.8 Å². The summed E-state index contributed by atoms with van der Waals surface area (Å²) in [5.41, 5.74) is -1.94. The molecule has 3 saturated carbocycles. The van der Waals surface area contributed by atoms with Crippen molar-refractivity contribution in [3.63, 3.8) is 0 Å². The number of hydrogen-bond donors (Lipinski definition) is 2. The zero-order valence-corrected chi connectivity index (χ0v) is 16.2. The van der Waals surface area contributed by atoms with E-state index in [1.54, 1.807) is 12.2 Å². The molecule has 0 bridgehead atoms. The fraction of sp³-hybridized carbons (Fsp3) is 0.682. The number of aliphatic hydroxyl groups excluding tert-OH is 1. The third-order valence-electron chi connectivity index (χ3n) is 8.41. The average Bonchev–Trinajstić information content (AvgIpc) is 2.82. The number of carbonyl (C=O) groups is 3. The lowest BCUT2D eigenvalue weighted by Crippen LogP contribution is -2.61. The summed E-state index contributed by atoms with van der Waals surface area (Å²) in [7, 11) is 0. The Bertz CT molecular complexity index is 795. The standard InChI is InChI=1S/C22H28O5/c1-12-8-16-15-5-4-13-9-14(24)6-7-20(13,2)19(15)17(25)10-21(16,3)22(12,27)18(26)11-23/h6-7,9,12,15-16,19,23,27H,4-5,8,10-11H2,1-3H3/t12?,15-,16-,19+,20-,21-,22-/m0/s1. The van der Waals surface area contributed by atoms with Gasteiger partial charge in [0, 0.05) is 23.2 Å². The van der Waals surface area contributed by atoms with Gasteiger partial charge in [-0.1, -0.05) is 32.4 Å². The van der Waals surface area contributed by atoms with E-state index in [1.165, 1.54) is 0 Å². The number of aliphatic hydroxyl groups is 2. The van der Waals surface area contributed by atoms with Crippen LogP contribution in [0.1, 0.15) is 46.5 Å². The summed E-state index contributed by atoms with van der Waals surface area (Å²) in [5.74, 6) is -0.947. The highest BCUT2D eigenvalue weighted by atomic mass is 16.3. The van der Waals surface area contributed by atoms with E-state index in [4.69, 9.17) is 0 Å². The van der Waals surface area contributed by atoms with E-state index in [2.05, 4.69) is 0 Å². The van der Waals surface area contributed by atoms with Gasteiger partial charge in [0.25, 0.3) is 0 Å². The van der Waals surface area contributed by atoms with E-state index >= 15 is 0 Å². The molecule has 0 aliphatic heterocycles. The Morgan fingerprint density at radius 3 is 2.67 bits per heavy atom. The van der Waals surface area contributed by atoms with Crippen molar-refractivity contribution in [2.75, 3.05) is 6.61 Å². The first-order chi connectivity index (χ1) is 12.6. The molecule has 0 aromatic rings. The summed E-state index contributed by atoms with van der Waals surface area (Å²) in [5, 5.41) is 20.8. The molecule has 5 heteroatoms. The second-order valence-corrected chi connectivity index (χ2v) is 9.52. The van der Waals surface area contributed by atoms with Gasteiger partial charge in [0.15, 0.2) is 11.6 Å². The van der Waals surface area contributed by atoms with Crippen molar-refractivity contribution >= 4 is 17.3 Å². The predicted molar refractivity (Wildman–Crippen MR) is 98.6 cm³/mol. The summed E-state index contributed by atoms with van der Waals surface area (Å²) < 4.78 is 0. The fourth-order valence-corrected chi connectivity index (χ4v) is 7.08. The number of ketones is 3. The van der Waals surface area contributed by atoms with E-state index in [0.29, 0.717) is 6.42 Å². The van der Waals surface area contributed by atoms with Crippen LogP contribution >= 0.6 is 0 Å². The summed E-state index contributed by atoms with van der Waals surface area (Å²) >= 11 is 0. The zero-order valence-electron chi connectivity index (χ0n) is 16.2. The molecule has 3 fully saturated rings. The molecule has 0 heterocycles. The van der Waals surface area contributed by atoms with E-state index in [0.717, 1.165) is 18.4 Å². The maximum absolute atomic E-state index is 13.4. The number of hydrogen-bond acceptors (Lipinski definition) is 5. The summed E-state index contributed by atoms with van der Waals surface area (Å²) in [6.45, 7) is 5.05. The lowest BCUT2D eigenvalue weighted by molar-refractivity contribution is -0.173. The van der Waals surface area contributed by atoms with Crippen molar-refractivity contribution in [2.45, 2.75) is 52.1 Å². The summed E-state index contributed by atoms with van der Waals surface area (Å²) in [4.78, 5) is 37.8. The van der Waals surface area contributed by atoms with Gasteiger partial charge < -0.3 is 10.2 Å². The molecule has 4 aliphatic carbocycles. The quantitative estimate of drug-likeness (QED) is 0.774. The van der Waals surface area contributed by atoms with Gasteiger partial charge in [-0.05, 0) is 49.2 Å². The highest BCUT2D eigenvalue weighted by molar-refractivity contribution is 6.02. The molecular weight excluding hydrogens is 344 g/mol. The highest BCUT2D eigenvalue weighted by Gasteiger charge is 2.70. The van der Waals surface area contributed by atoms with Gasteiger partial charge in [-0.3, -0.25) is 14.4 Å². The molecule has 2 N–H and O–H groups in total. The monoisotopic (exact) mass is 372 g/mol. The van der Waals surface area contributed by atoms with Gasteiger partial charge in [0.2, 0.25) is 0 Å². The lowest BCUT2D eigenvalue weighted by atomic mass is 9.46. The largest absolute Gasteiger partial charge is 0.388 e. The first kappa shape index (κ1) is 18.8. The van der Waals surface area contributed by atoms with Gasteiger partial charge in [-0.2, -0.15) is 0 Å². The normalized spacial score (nSPS) is 48.6. The summed E-state index contributed by atoms with van der Waals surface area (Å²) in [6.07, 6.45) is 7.49. The van der Waals surface area contributed by atoms with E-state index in [-0.39, 0.29) is 41.7 Å². The van der Waals surface area contributed by atoms with Crippen molar-refractivity contribution in [3.8, 4) is 0 Å². The van der Waals surface area contributed by atoms with E-state index < -0.39 is 28.8 Å². The average molecular weight is 372 g/mol. The van der Waals surface area contributed by atoms with Crippen LogP contribution in [-0.2, 0) is 14.4 Å². The molecule has 4 aliphatic rings. The molecule has 146 valence electrons. The van der Waals surface area contributed by atoms with E-state index in [1.807, 2.05) is 26.8 Å². The molecule has 0 aromatic carbocycles. The topological polar surface area (TPSA) is 91.7 Å². The van der Waals surface area contributed by atoms with Crippen LogP contribution in [0.4, 0.5) is 0 Å². The van der Waals surface area contributed by atoms with E-state index in [9.17, 15) is 24.6 Å². The van der Waals surface area contributed by atoms with Crippen LogP contribution in [0.2, 0.25) is 0 Å². The minimum atomic E-state index is -1.66. The van der Waals surface area contributed by atoms with Crippen LogP contribution in [0.25, 0.3) is 0 Å². The molecule has 27 heavy (non-hydrogen) atoms. The van der Waals surface area contributed by atoms with Gasteiger partial charge in [0.1, 0.15) is 18.0 Å². The van der Waals surface area contributed by atoms with Crippen molar-refractivity contribution in [1.82, 2.24) is 0 Å². The van der Waals surface area contributed by atoms with Crippen LogP contribution in [0.5, 0.6) is 0 Å². The van der Waals surface area contributed by atoms with Gasteiger partial charge >= 0.3 is 0 Å². The summed E-state index contributed by atoms with van der Waals surface area (Å²) in [6, 6.07) is 0. The Labute approximate surface area is 159 Å². The number of rotatable bonds is 2. The van der Waals surface area contributed by atoms with Crippen LogP contribution in [0.15, 0.2) is 23.8 Å². The zero-order chi connectivity index (χ0) is 19.8. The second-order valence-electron chi connectivity index (χ2n) is 9.52. The Kier molecular flexibility index (Phi) is 3.97. The number of Topliss-reactive ketones (excluding diaryl/α,β-unsaturated/α-hetero) is 2. The second kappa shape index (κ2) is 5.71. The van der Waals surface area contributed by atoms with Crippen LogP contribution in [-0.4, -0.2) is 39.8 Å². The van der Waals surface area contributed by atoms with Crippen molar-refractivity contribution in [2.24, 2.45) is 34.5 Å². The molecule has 5 nitrogen and oxygen atoms in total. The Balaban J connectivity index is 1.79. The Morgan fingerprint density at radius 2 is 2.00 bits per heavy atom. The minimum Gasteiger partial charge on any atom is -0.388 e. The minimum absolute atomic E-state index is 0.0218. The Morgan fingerprint density at radius 1 is 1.30 bits per heavy atom. The van der Waals surface area contributed by atoms with Gasteiger partial charge in [-0.25, -0.2) is 0 Å². The molecule has 0 spiro atoms. The number of carbonyl (C=O) groups excluding carboxylic acids is 3. The van der Waals surface area contributed by atoms with Gasteiger partial charge in [-0.15, -0.1) is 0 Å². The highest BCUT2D eigenvalue weighted by Crippen LogP contribution is 2.67. The maximum Gasteiger partial charge on any atom is 0.190 e. The SMILES string of the molecule is CC1C[C@H]2[C@@H]3CCC4=CC(=O)C=C[C@]4(C)[C@H]3C(=O)C[C@]2(C)[C@@]1(O)C(=O)CO. The third kappa shape index (κ3) is 2.16. The molecule has 0 saturated heterocycles. The molecule has 4 rings (SSSR count). The Hall–Kier alpha value is -1.59. The molecule has 0 radical (unpaired) electrons. The number of fused-ring (bicyclic) bond motifs is 5. The molecule has 7 atom stereocenters. The first-order valence-corrected chi connectivity index (χ1v) is 9.93. The molecule has 0 amide bonds.